The summed E-state index contributed by atoms with van der Waals surface area (Å²) in [6.45, 7) is 5.57. The fourth-order valence-corrected chi connectivity index (χ4v) is 1.37. The van der Waals surface area contributed by atoms with E-state index in [2.05, 4.69) is 17.2 Å². The van der Waals surface area contributed by atoms with Crippen molar-refractivity contribution in [1.82, 2.24) is 5.32 Å². The average Bonchev–Trinajstić information content (AvgIpc) is 2.32. The third-order valence-corrected chi connectivity index (χ3v) is 2.23. The Morgan fingerprint density at radius 1 is 1.33 bits per heavy atom. The third-order valence-electron chi connectivity index (χ3n) is 2.23. The summed E-state index contributed by atoms with van der Waals surface area (Å²) < 4.78 is 30.9. The number of anilines is 1. The van der Waals surface area contributed by atoms with E-state index in [9.17, 15) is 13.6 Å². The number of benzene rings is 1. The molecule has 0 aliphatic heterocycles. The van der Waals surface area contributed by atoms with Crippen molar-refractivity contribution in [3.8, 4) is 11.8 Å². The number of nitrogens with two attached hydrogens (primary N) is 1. The number of hydrogen-bond acceptors (Lipinski definition) is 3. The van der Waals surface area contributed by atoms with Crippen LogP contribution in [0.25, 0.3) is 0 Å². The molecule has 0 atom stereocenters. The molecule has 0 unspecified atom stereocenters. The molecule has 3 N–H and O–H groups in total. The molecular weight excluding hydrogens is 278 g/mol. The van der Waals surface area contributed by atoms with Crippen molar-refractivity contribution in [3.05, 3.63) is 29.3 Å². The molecule has 114 valence electrons. The molecule has 0 heterocycles. The molecule has 0 saturated heterocycles. The number of amides is 1. The molecule has 0 radical (unpaired) electrons. The monoisotopic (exact) mass is 296 g/mol. The molecule has 0 aliphatic carbocycles. The number of hydrogen-bond donors (Lipinski definition) is 2. The summed E-state index contributed by atoms with van der Waals surface area (Å²) in [5, 5.41) is 2.53. The molecule has 0 fully saturated rings. The first-order chi connectivity index (χ1) is 9.69. The number of nitrogens with one attached hydrogen (secondary N) is 1. The van der Waals surface area contributed by atoms with Gasteiger partial charge in [-0.05, 0) is 26.8 Å². The van der Waals surface area contributed by atoms with E-state index in [1.165, 1.54) is 0 Å². The highest BCUT2D eigenvalue weighted by Gasteiger charge is 2.15. The van der Waals surface area contributed by atoms with Crippen molar-refractivity contribution >= 4 is 11.8 Å². The minimum absolute atomic E-state index is 0.0708. The second-order valence-electron chi connectivity index (χ2n) is 5.33. The zero-order chi connectivity index (χ0) is 16.0. The number of rotatable bonds is 2. The van der Waals surface area contributed by atoms with Gasteiger partial charge in [-0.15, -0.1) is 0 Å². The smallest absolute Gasteiger partial charge is 0.407 e. The van der Waals surface area contributed by atoms with Gasteiger partial charge in [0.2, 0.25) is 0 Å². The number of halogens is 2. The van der Waals surface area contributed by atoms with Gasteiger partial charge < -0.3 is 15.8 Å². The van der Waals surface area contributed by atoms with Crippen LogP contribution in [0.2, 0.25) is 0 Å². The maximum atomic E-state index is 13.0. The molecule has 6 heteroatoms. The fourth-order valence-electron chi connectivity index (χ4n) is 1.37. The van der Waals surface area contributed by atoms with E-state index in [4.69, 9.17) is 10.5 Å². The van der Waals surface area contributed by atoms with E-state index in [-0.39, 0.29) is 17.8 Å². The lowest BCUT2D eigenvalue weighted by molar-refractivity contribution is 0.0529. The molecule has 0 aliphatic rings. The summed E-state index contributed by atoms with van der Waals surface area (Å²) in [4.78, 5) is 11.3. The molecule has 1 rings (SSSR count). The summed E-state index contributed by atoms with van der Waals surface area (Å²) in [7, 11) is 0. The molecule has 0 saturated carbocycles. The lowest BCUT2D eigenvalue weighted by Gasteiger charge is -2.19. The van der Waals surface area contributed by atoms with Crippen LogP contribution in [0, 0.1) is 23.5 Å². The summed E-state index contributed by atoms with van der Waals surface area (Å²) in [5.41, 5.74) is 5.25. The standard InChI is InChI=1S/C15H18F2N2O2/c1-15(2,3)21-14(20)19-7-5-4-6-10-8-11(16)12(17)9-13(10)18/h8-9H,5,7,18H2,1-3H3,(H,19,20). The van der Waals surface area contributed by atoms with E-state index in [0.29, 0.717) is 6.42 Å². The molecule has 0 bridgehead atoms. The Morgan fingerprint density at radius 3 is 2.57 bits per heavy atom. The first-order valence-corrected chi connectivity index (χ1v) is 6.39. The van der Waals surface area contributed by atoms with Crippen LogP contribution in [0.15, 0.2) is 12.1 Å². The average molecular weight is 296 g/mol. The second kappa shape index (κ2) is 6.93. The molecule has 4 nitrogen and oxygen atoms in total. The largest absolute Gasteiger partial charge is 0.444 e. The van der Waals surface area contributed by atoms with Gasteiger partial charge in [0.25, 0.3) is 0 Å². The van der Waals surface area contributed by atoms with Gasteiger partial charge in [-0.2, -0.15) is 0 Å². The number of carbonyl (C=O) groups excluding carboxylic acids is 1. The van der Waals surface area contributed by atoms with Gasteiger partial charge in [-0.1, -0.05) is 11.8 Å². The van der Waals surface area contributed by atoms with Crippen LogP contribution in [0.1, 0.15) is 32.8 Å². The van der Waals surface area contributed by atoms with Crippen molar-refractivity contribution in [2.75, 3.05) is 12.3 Å². The lowest BCUT2D eigenvalue weighted by Crippen LogP contribution is -2.32. The van der Waals surface area contributed by atoms with Gasteiger partial charge in [0.1, 0.15) is 5.60 Å². The quantitative estimate of drug-likeness (QED) is 0.501. The number of ether oxygens (including phenoxy) is 1. The van der Waals surface area contributed by atoms with Crippen LogP contribution in [0.3, 0.4) is 0 Å². The molecule has 1 aromatic rings. The molecule has 1 aromatic carbocycles. The number of carbonyl (C=O) groups is 1. The topological polar surface area (TPSA) is 64.3 Å². The van der Waals surface area contributed by atoms with E-state index in [1.54, 1.807) is 20.8 Å². The minimum Gasteiger partial charge on any atom is -0.444 e. The van der Waals surface area contributed by atoms with Gasteiger partial charge in [-0.25, -0.2) is 13.6 Å². The van der Waals surface area contributed by atoms with Crippen LogP contribution in [0.4, 0.5) is 19.3 Å². The van der Waals surface area contributed by atoms with Crippen LogP contribution in [-0.4, -0.2) is 18.2 Å². The second-order valence-corrected chi connectivity index (χ2v) is 5.33. The van der Waals surface area contributed by atoms with E-state index in [1.807, 2.05) is 0 Å². The number of alkyl carbamates (subject to hydrolysis) is 1. The van der Waals surface area contributed by atoms with E-state index in [0.717, 1.165) is 12.1 Å². The van der Waals surface area contributed by atoms with Gasteiger partial charge >= 0.3 is 6.09 Å². The highest BCUT2D eigenvalue weighted by molar-refractivity contribution is 5.67. The van der Waals surface area contributed by atoms with Crippen LogP contribution in [0.5, 0.6) is 0 Å². The summed E-state index contributed by atoms with van der Waals surface area (Å²) >= 11 is 0. The van der Waals surface area contributed by atoms with Crippen LogP contribution < -0.4 is 11.1 Å². The van der Waals surface area contributed by atoms with Gasteiger partial charge in [0.05, 0.1) is 11.3 Å². The summed E-state index contributed by atoms with van der Waals surface area (Å²) in [6.07, 6.45) is -0.200. The molecule has 21 heavy (non-hydrogen) atoms. The van der Waals surface area contributed by atoms with Crippen molar-refractivity contribution < 1.29 is 18.3 Å². The zero-order valence-corrected chi connectivity index (χ0v) is 12.2. The Hall–Kier alpha value is -2.29. The van der Waals surface area contributed by atoms with Crippen LogP contribution >= 0.6 is 0 Å². The maximum Gasteiger partial charge on any atom is 0.407 e. The highest BCUT2D eigenvalue weighted by atomic mass is 19.2. The first-order valence-electron chi connectivity index (χ1n) is 6.39. The lowest BCUT2D eigenvalue weighted by atomic mass is 10.1. The Balaban J connectivity index is 2.48. The molecule has 1 amide bonds. The van der Waals surface area contributed by atoms with Crippen LogP contribution in [-0.2, 0) is 4.74 Å². The molecule has 0 aromatic heterocycles. The van der Waals surface area contributed by atoms with Crippen molar-refractivity contribution in [2.45, 2.75) is 32.8 Å². The summed E-state index contributed by atoms with van der Waals surface area (Å²) in [6, 6.07) is 1.83. The van der Waals surface area contributed by atoms with Crippen molar-refractivity contribution in [3.63, 3.8) is 0 Å². The minimum atomic E-state index is -1.01. The summed E-state index contributed by atoms with van der Waals surface area (Å²) in [5.74, 6) is 3.34. The number of nitrogen functional groups attached to an aromatic ring is 1. The van der Waals surface area contributed by atoms with Gasteiger partial charge in [-0.3, -0.25) is 0 Å². The van der Waals surface area contributed by atoms with Crippen molar-refractivity contribution in [1.29, 1.82) is 0 Å². The highest BCUT2D eigenvalue weighted by Crippen LogP contribution is 2.15. The normalized spacial score (nSPS) is 10.5. The molecule has 0 spiro atoms. The Morgan fingerprint density at radius 2 is 1.95 bits per heavy atom. The SMILES string of the molecule is CC(C)(C)OC(=O)NCCC#Cc1cc(F)c(F)cc1N. The van der Waals surface area contributed by atoms with E-state index >= 15 is 0 Å². The Labute approximate surface area is 122 Å². The molecular formula is C15H18F2N2O2. The fraction of sp³-hybridized carbons (Fsp3) is 0.400. The third kappa shape index (κ3) is 6.13. The van der Waals surface area contributed by atoms with Gasteiger partial charge in [0.15, 0.2) is 11.6 Å². The first kappa shape index (κ1) is 16.8. The Bertz CT molecular complexity index is 584. The predicted molar refractivity (Wildman–Crippen MR) is 76.5 cm³/mol. The van der Waals surface area contributed by atoms with Gasteiger partial charge in [0, 0.05) is 19.0 Å². The van der Waals surface area contributed by atoms with E-state index < -0.39 is 23.3 Å². The Kier molecular flexibility index (Phi) is 5.53. The maximum absolute atomic E-state index is 13.0. The predicted octanol–water partition coefficient (Wildman–Crippen LogP) is 2.81. The zero-order valence-electron chi connectivity index (χ0n) is 12.2. The van der Waals surface area contributed by atoms with Crippen molar-refractivity contribution in [2.24, 2.45) is 0 Å².